The molecule has 0 aliphatic carbocycles. The van der Waals surface area contributed by atoms with Gasteiger partial charge < -0.3 is 0 Å². The molecule has 3 nitrogen and oxygen atoms in total. The van der Waals surface area contributed by atoms with Crippen molar-refractivity contribution in [3.8, 4) is 0 Å². The summed E-state index contributed by atoms with van der Waals surface area (Å²) in [5.41, 5.74) is 2.51. The molecule has 4 aromatic rings. The lowest BCUT2D eigenvalue weighted by Gasteiger charge is -2.09. The van der Waals surface area contributed by atoms with Crippen molar-refractivity contribution in [3.63, 3.8) is 0 Å². The fourth-order valence-corrected chi connectivity index (χ4v) is 4.92. The molecule has 0 aliphatic heterocycles. The van der Waals surface area contributed by atoms with E-state index in [1.807, 2.05) is 48.5 Å². The van der Waals surface area contributed by atoms with Crippen molar-refractivity contribution < 1.29 is 8.42 Å². The van der Waals surface area contributed by atoms with E-state index in [9.17, 15) is 8.42 Å². The van der Waals surface area contributed by atoms with Crippen molar-refractivity contribution in [2.24, 2.45) is 0 Å². The van der Waals surface area contributed by atoms with Gasteiger partial charge in [0.05, 0.1) is 15.9 Å². The quantitative estimate of drug-likeness (QED) is 0.458. The smallest absolute Gasteiger partial charge is 0.233 e. The number of para-hydroxylation sites is 1. The normalized spacial score (nSPS) is 12.0. The Kier molecular flexibility index (Phi) is 3.70. The number of nitrogens with zero attached hydrogens (tertiary/aromatic N) is 1. The minimum absolute atomic E-state index is 0.289. The van der Waals surface area contributed by atoms with Crippen molar-refractivity contribution >= 4 is 47.8 Å². The molecule has 5 heteroatoms. The first-order chi connectivity index (χ1) is 11.6. The third-order valence-electron chi connectivity index (χ3n) is 4.13. The molecule has 0 unspecified atom stereocenters. The van der Waals surface area contributed by atoms with Crippen molar-refractivity contribution in [2.45, 2.75) is 10.2 Å². The largest absolute Gasteiger partial charge is 0.268 e. The summed E-state index contributed by atoms with van der Waals surface area (Å²) in [6.07, 6.45) is 0. The summed E-state index contributed by atoms with van der Waals surface area (Å²) in [6.45, 7) is 0. The predicted molar refractivity (Wildman–Crippen MR) is 101 cm³/mol. The number of halogens is 1. The molecule has 1 heterocycles. The van der Waals surface area contributed by atoms with E-state index < -0.39 is 10.0 Å². The average molecular weight is 400 g/mol. The van der Waals surface area contributed by atoms with Gasteiger partial charge in [-0.1, -0.05) is 58.4 Å². The first-order valence-corrected chi connectivity index (χ1v) is 10.1. The molecule has 0 N–H and O–H groups in total. The van der Waals surface area contributed by atoms with Gasteiger partial charge in [-0.2, -0.15) is 0 Å². The minimum atomic E-state index is -3.66. The van der Waals surface area contributed by atoms with Crippen LogP contribution in [0.25, 0.3) is 21.8 Å². The summed E-state index contributed by atoms with van der Waals surface area (Å²) in [5, 5.41) is 2.62. The van der Waals surface area contributed by atoms with E-state index in [0.717, 1.165) is 21.7 Å². The summed E-state index contributed by atoms with van der Waals surface area (Å²) >= 11 is 3.47. The molecule has 4 rings (SSSR count). The van der Waals surface area contributed by atoms with E-state index >= 15 is 0 Å². The molecule has 1 aromatic heterocycles. The molecule has 0 saturated heterocycles. The summed E-state index contributed by atoms with van der Waals surface area (Å²) in [5.74, 6) is 0. The highest BCUT2D eigenvalue weighted by Crippen LogP contribution is 2.33. The second-order valence-corrected chi connectivity index (χ2v) is 7.93. The number of alkyl halides is 1. The van der Waals surface area contributed by atoms with Crippen LogP contribution in [0.3, 0.4) is 0 Å². The highest BCUT2D eigenvalue weighted by molar-refractivity contribution is 9.08. The molecule has 0 fully saturated rings. The summed E-state index contributed by atoms with van der Waals surface area (Å²) in [4.78, 5) is 0.289. The van der Waals surface area contributed by atoms with Crippen LogP contribution in [0.2, 0.25) is 0 Å². The molecule has 0 bridgehead atoms. The Labute approximate surface area is 148 Å². The van der Waals surface area contributed by atoms with Crippen LogP contribution in [0, 0.1) is 0 Å². The van der Waals surface area contributed by atoms with Gasteiger partial charge >= 0.3 is 0 Å². The second kappa shape index (κ2) is 5.76. The Bertz CT molecular complexity index is 1150. The van der Waals surface area contributed by atoms with Gasteiger partial charge in [0.15, 0.2) is 0 Å². The number of rotatable bonds is 3. The van der Waals surface area contributed by atoms with Crippen molar-refractivity contribution in [1.82, 2.24) is 3.97 Å². The van der Waals surface area contributed by atoms with Crippen molar-refractivity contribution in [1.29, 1.82) is 0 Å². The Balaban J connectivity index is 2.15. The summed E-state index contributed by atoms with van der Waals surface area (Å²) < 4.78 is 27.9. The molecule has 0 spiro atoms. The lowest BCUT2D eigenvalue weighted by Crippen LogP contribution is -2.12. The monoisotopic (exact) mass is 399 g/mol. The first kappa shape index (κ1) is 15.4. The molecule has 0 atom stereocenters. The molecule has 0 radical (unpaired) electrons. The van der Waals surface area contributed by atoms with Crippen LogP contribution in [-0.2, 0) is 15.4 Å². The van der Waals surface area contributed by atoms with Gasteiger partial charge in [0.2, 0.25) is 0 Å². The number of aromatic nitrogens is 1. The number of hydrogen-bond acceptors (Lipinski definition) is 2. The molecular weight excluding hydrogens is 386 g/mol. The number of benzene rings is 3. The van der Waals surface area contributed by atoms with Gasteiger partial charge in [-0.05, 0) is 35.9 Å². The van der Waals surface area contributed by atoms with E-state index in [1.54, 1.807) is 24.3 Å². The third-order valence-corrected chi connectivity index (χ3v) is 6.52. The Morgan fingerprint density at radius 3 is 2.21 bits per heavy atom. The van der Waals surface area contributed by atoms with Crippen LogP contribution >= 0.6 is 15.9 Å². The number of fused-ring (bicyclic) bond motifs is 3. The third kappa shape index (κ3) is 2.27. The topological polar surface area (TPSA) is 39.1 Å². The van der Waals surface area contributed by atoms with Gasteiger partial charge in [0, 0.05) is 16.1 Å². The zero-order chi connectivity index (χ0) is 16.7. The zero-order valence-electron chi connectivity index (χ0n) is 12.7. The Hall–Kier alpha value is -2.11. The van der Waals surface area contributed by atoms with E-state index in [1.165, 1.54) is 3.97 Å². The maximum Gasteiger partial charge on any atom is 0.268 e. The highest BCUT2D eigenvalue weighted by atomic mass is 79.9. The molecular formula is C19H14BrNO2S. The lowest BCUT2D eigenvalue weighted by molar-refractivity contribution is 0.590. The first-order valence-electron chi connectivity index (χ1n) is 7.51. The molecule has 0 amide bonds. The van der Waals surface area contributed by atoms with Gasteiger partial charge in [-0.25, -0.2) is 12.4 Å². The molecule has 3 aromatic carbocycles. The van der Waals surface area contributed by atoms with Gasteiger partial charge in [-0.3, -0.25) is 0 Å². The van der Waals surface area contributed by atoms with Gasteiger partial charge in [0.1, 0.15) is 0 Å². The lowest BCUT2D eigenvalue weighted by atomic mass is 10.1. The molecule has 24 heavy (non-hydrogen) atoms. The predicted octanol–water partition coefficient (Wildman–Crippen LogP) is 4.93. The summed E-state index contributed by atoms with van der Waals surface area (Å²) in [7, 11) is -3.66. The SMILES string of the molecule is O=S(=O)(c1ccccc1)n1c2ccccc2c2cc(CBr)ccc21. The van der Waals surface area contributed by atoms with E-state index in [4.69, 9.17) is 0 Å². The van der Waals surface area contributed by atoms with Crippen LogP contribution in [0.5, 0.6) is 0 Å². The molecule has 0 saturated carbocycles. The van der Waals surface area contributed by atoms with Crippen LogP contribution in [-0.4, -0.2) is 12.4 Å². The average Bonchev–Trinajstić information content (AvgIpc) is 2.96. The highest BCUT2D eigenvalue weighted by Gasteiger charge is 2.22. The fraction of sp³-hybridized carbons (Fsp3) is 0.0526. The molecule has 120 valence electrons. The van der Waals surface area contributed by atoms with E-state index in [0.29, 0.717) is 11.0 Å². The van der Waals surface area contributed by atoms with E-state index in [2.05, 4.69) is 15.9 Å². The minimum Gasteiger partial charge on any atom is -0.233 e. The van der Waals surface area contributed by atoms with Crippen molar-refractivity contribution in [2.75, 3.05) is 0 Å². The molecule has 0 aliphatic rings. The Morgan fingerprint density at radius 1 is 0.792 bits per heavy atom. The second-order valence-electron chi connectivity index (χ2n) is 5.58. The van der Waals surface area contributed by atoms with Gasteiger partial charge in [-0.15, -0.1) is 0 Å². The Morgan fingerprint density at radius 2 is 1.46 bits per heavy atom. The maximum absolute atomic E-state index is 13.2. The summed E-state index contributed by atoms with van der Waals surface area (Å²) in [6, 6.07) is 22.0. The maximum atomic E-state index is 13.2. The zero-order valence-corrected chi connectivity index (χ0v) is 15.1. The van der Waals surface area contributed by atoms with Crippen LogP contribution in [0.4, 0.5) is 0 Å². The number of hydrogen-bond donors (Lipinski definition) is 0. The van der Waals surface area contributed by atoms with Crippen LogP contribution < -0.4 is 0 Å². The van der Waals surface area contributed by atoms with Crippen molar-refractivity contribution in [3.05, 3.63) is 78.4 Å². The van der Waals surface area contributed by atoms with Crippen LogP contribution in [0.1, 0.15) is 5.56 Å². The fourth-order valence-electron chi connectivity index (χ4n) is 3.02. The standard InChI is InChI=1S/C19H14BrNO2S/c20-13-14-10-11-19-17(12-14)16-8-4-5-9-18(16)21(19)24(22,23)15-6-2-1-3-7-15/h1-12H,13H2. The van der Waals surface area contributed by atoms with Gasteiger partial charge in [0.25, 0.3) is 10.0 Å². The van der Waals surface area contributed by atoms with E-state index in [-0.39, 0.29) is 4.90 Å². The van der Waals surface area contributed by atoms with Crippen LogP contribution in [0.15, 0.2) is 77.7 Å².